The van der Waals surface area contributed by atoms with Gasteiger partial charge in [0.1, 0.15) is 0 Å². The van der Waals surface area contributed by atoms with Gasteiger partial charge in [-0.2, -0.15) is 0 Å². The lowest BCUT2D eigenvalue weighted by Gasteiger charge is -2.30. The molecule has 2 amide bonds. The SMILES string of the molecule is CCC(=O)N(Cc1cc(NC(=O)CC(C)(C)C)ccc1N(C)C)[C@@H](C)CC. The van der Waals surface area contributed by atoms with Gasteiger partial charge in [-0.05, 0) is 42.5 Å². The maximum atomic E-state index is 12.5. The first-order valence-electron chi connectivity index (χ1n) is 9.88. The van der Waals surface area contributed by atoms with Crippen molar-refractivity contribution in [1.29, 1.82) is 0 Å². The second kappa shape index (κ2) is 9.77. The van der Waals surface area contributed by atoms with E-state index in [9.17, 15) is 9.59 Å². The van der Waals surface area contributed by atoms with Crippen molar-refractivity contribution in [2.75, 3.05) is 24.3 Å². The predicted octanol–water partition coefficient (Wildman–Crippen LogP) is 4.66. The molecule has 0 aromatic heterocycles. The monoisotopic (exact) mass is 375 g/mol. The number of hydrogen-bond donors (Lipinski definition) is 1. The van der Waals surface area contributed by atoms with E-state index in [1.807, 2.05) is 69.8 Å². The minimum atomic E-state index is -0.0581. The van der Waals surface area contributed by atoms with Crippen LogP contribution in [-0.2, 0) is 16.1 Å². The standard InChI is InChI=1S/C22H37N3O2/c1-9-16(3)25(21(27)10-2)15-17-13-18(11-12-19(17)24(7)8)23-20(26)14-22(4,5)6/h11-13,16H,9-10,14-15H2,1-8H3,(H,23,26)/t16-/m0/s1. The van der Waals surface area contributed by atoms with Gasteiger partial charge in [0.2, 0.25) is 11.8 Å². The van der Waals surface area contributed by atoms with Gasteiger partial charge < -0.3 is 15.1 Å². The summed E-state index contributed by atoms with van der Waals surface area (Å²) in [5, 5.41) is 3.00. The van der Waals surface area contributed by atoms with E-state index in [1.54, 1.807) is 0 Å². The summed E-state index contributed by atoms with van der Waals surface area (Å²) in [5.74, 6) is 0.158. The van der Waals surface area contributed by atoms with Crippen LogP contribution in [0, 0.1) is 5.41 Å². The third-order valence-electron chi connectivity index (χ3n) is 4.62. The highest BCUT2D eigenvalue weighted by Crippen LogP contribution is 2.27. The van der Waals surface area contributed by atoms with Crippen molar-refractivity contribution >= 4 is 23.2 Å². The summed E-state index contributed by atoms with van der Waals surface area (Å²) in [5.41, 5.74) is 2.81. The van der Waals surface area contributed by atoms with Gasteiger partial charge in [-0.15, -0.1) is 0 Å². The topological polar surface area (TPSA) is 52.7 Å². The van der Waals surface area contributed by atoms with Gasteiger partial charge in [-0.25, -0.2) is 0 Å². The number of carbonyl (C=O) groups excluding carboxylic acids is 2. The van der Waals surface area contributed by atoms with Crippen molar-refractivity contribution in [1.82, 2.24) is 4.90 Å². The smallest absolute Gasteiger partial charge is 0.224 e. The molecule has 1 aromatic rings. The van der Waals surface area contributed by atoms with Gasteiger partial charge in [-0.3, -0.25) is 9.59 Å². The first-order valence-corrected chi connectivity index (χ1v) is 9.88. The lowest BCUT2D eigenvalue weighted by Crippen LogP contribution is -2.37. The van der Waals surface area contributed by atoms with Gasteiger partial charge in [0.15, 0.2) is 0 Å². The number of hydrogen-bond acceptors (Lipinski definition) is 3. The molecule has 5 nitrogen and oxygen atoms in total. The molecule has 5 heteroatoms. The van der Waals surface area contributed by atoms with Gasteiger partial charge in [-0.1, -0.05) is 34.6 Å². The number of anilines is 2. The molecule has 0 bridgehead atoms. The van der Waals surface area contributed by atoms with Gasteiger partial charge in [0.05, 0.1) is 0 Å². The largest absolute Gasteiger partial charge is 0.377 e. The van der Waals surface area contributed by atoms with Gasteiger partial charge in [0.25, 0.3) is 0 Å². The number of rotatable bonds is 8. The minimum Gasteiger partial charge on any atom is -0.377 e. The van der Waals surface area contributed by atoms with Crippen LogP contribution in [0.4, 0.5) is 11.4 Å². The van der Waals surface area contributed by atoms with E-state index in [0.29, 0.717) is 19.4 Å². The molecule has 0 aliphatic heterocycles. The van der Waals surface area contributed by atoms with Crippen LogP contribution in [0.15, 0.2) is 18.2 Å². The Hall–Kier alpha value is -2.04. The Morgan fingerprint density at radius 2 is 1.78 bits per heavy atom. The Balaban J connectivity index is 3.14. The Kier molecular flexibility index (Phi) is 8.32. The van der Waals surface area contributed by atoms with Gasteiger partial charge >= 0.3 is 0 Å². The fourth-order valence-electron chi connectivity index (χ4n) is 3.01. The van der Waals surface area contributed by atoms with Gasteiger partial charge in [0, 0.05) is 50.9 Å². The molecule has 152 valence electrons. The summed E-state index contributed by atoms with van der Waals surface area (Å²) in [7, 11) is 3.98. The number of nitrogens with one attached hydrogen (secondary N) is 1. The highest BCUT2D eigenvalue weighted by atomic mass is 16.2. The van der Waals surface area contributed by atoms with Crippen LogP contribution in [0.2, 0.25) is 0 Å². The van der Waals surface area contributed by atoms with Crippen molar-refractivity contribution in [3.8, 4) is 0 Å². The first-order chi connectivity index (χ1) is 12.5. The van der Waals surface area contributed by atoms with Crippen LogP contribution in [0.5, 0.6) is 0 Å². The molecule has 0 unspecified atom stereocenters. The summed E-state index contributed by atoms with van der Waals surface area (Å²) < 4.78 is 0. The third-order valence-corrected chi connectivity index (χ3v) is 4.62. The molecule has 1 rings (SSSR count). The Morgan fingerprint density at radius 3 is 2.26 bits per heavy atom. The molecule has 0 spiro atoms. The second-order valence-corrected chi connectivity index (χ2v) is 8.66. The molecule has 0 radical (unpaired) electrons. The number of benzene rings is 1. The predicted molar refractivity (Wildman–Crippen MR) is 114 cm³/mol. The van der Waals surface area contributed by atoms with Crippen molar-refractivity contribution in [3.63, 3.8) is 0 Å². The fourth-order valence-corrected chi connectivity index (χ4v) is 3.01. The van der Waals surface area contributed by atoms with E-state index in [1.165, 1.54) is 0 Å². The number of amides is 2. The molecule has 0 fully saturated rings. The van der Waals surface area contributed by atoms with Crippen molar-refractivity contribution in [2.45, 2.75) is 73.4 Å². The van der Waals surface area contributed by atoms with E-state index in [4.69, 9.17) is 0 Å². The summed E-state index contributed by atoms with van der Waals surface area (Å²) in [6.45, 7) is 12.8. The highest BCUT2D eigenvalue weighted by Gasteiger charge is 2.21. The molecule has 0 saturated carbocycles. The van der Waals surface area contributed by atoms with Crippen molar-refractivity contribution < 1.29 is 9.59 Å². The highest BCUT2D eigenvalue weighted by molar-refractivity contribution is 5.91. The summed E-state index contributed by atoms with van der Waals surface area (Å²) in [6, 6.07) is 6.10. The van der Waals surface area contributed by atoms with Crippen molar-refractivity contribution in [3.05, 3.63) is 23.8 Å². The average molecular weight is 376 g/mol. The van der Waals surface area contributed by atoms with E-state index in [2.05, 4.69) is 19.2 Å². The lowest BCUT2D eigenvalue weighted by molar-refractivity contribution is -0.133. The third kappa shape index (κ3) is 7.24. The molecule has 0 heterocycles. The molecule has 0 aliphatic carbocycles. The van der Waals surface area contributed by atoms with Crippen LogP contribution >= 0.6 is 0 Å². The van der Waals surface area contributed by atoms with Crippen molar-refractivity contribution in [2.24, 2.45) is 5.41 Å². The zero-order chi connectivity index (χ0) is 20.8. The molecule has 1 atom stereocenters. The summed E-state index contributed by atoms with van der Waals surface area (Å²) in [4.78, 5) is 28.7. The quantitative estimate of drug-likeness (QED) is 0.719. The van der Waals surface area contributed by atoms with Crippen LogP contribution < -0.4 is 10.2 Å². The maximum Gasteiger partial charge on any atom is 0.224 e. The van der Waals surface area contributed by atoms with E-state index in [0.717, 1.165) is 23.4 Å². The minimum absolute atomic E-state index is 0.00877. The summed E-state index contributed by atoms with van der Waals surface area (Å²) in [6.07, 6.45) is 1.86. The Morgan fingerprint density at radius 1 is 1.15 bits per heavy atom. The van der Waals surface area contributed by atoms with E-state index < -0.39 is 0 Å². The maximum absolute atomic E-state index is 12.5. The number of nitrogens with zero attached hydrogens (tertiary/aromatic N) is 2. The van der Waals surface area contributed by atoms with Crippen LogP contribution in [0.3, 0.4) is 0 Å². The molecular weight excluding hydrogens is 338 g/mol. The zero-order valence-electron chi connectivity index (χ0n) is 18.3. The first kappa shape index (κ1) is 23.0. The second-order valence-electron chi connectivity index (χ2n) is 8.66. The fraction of sp³-hybridized carbons (Fsp3) is 0.636. The molecule has 1 aromatic carbocycles. The Labute approximate surface area is 165 Å². The zero-order valence-corrected chi connectivity index (χ0v) is 18.3. The Bertz CT molecular complexity index is 647. The molecular formula is C22H37N3O2. The van der Waals surface area contributed by atoms with E-state index >= 15 is 0 Å². The van der Waals surface area contributed by atoms with Crippen LogP contribution in [-0.4, -0.2) is 36.9 Å². The molecule has 1 N–H and O–H groups in total. The van der Waals surface area contributed by atoms with E-state index in [-0.39, 0.29) is 23.3 Å². The molecule has 27 heavy (non-hydrogen) atoms. The molecule has 0 saturated heterocycles. The van der Waals surface area contributed by atoms with Crippen LogP contribution in [0.1, 0.15) is 66.4 Å². The average Bonchev–Trinajstić information content (AvgIpc) is 2.56. The molecule has 0 aliphatic rings. The summed E-state index contributed by atoms with van der Waals surface area (Å²) >= 11 is 0. The lowest BCUT2D eigenvalue weighted by atomic mass is 9.92. The number of carbonyl (C=O) groups is 2. The van der Waals surface area contributed by atoms with Crippen LogP contribution in [0.25, 0.3) is 0 Å². The normalized spacial score (nSPS) is 12.4.